The summed E-state index contributed by atoms with van der Waals surface area (Å²) in [5.41, 5.74) is 5.71. The summed E-state index contributed by atoms with van der Waals surface area (Å²) in [5.74, 6) is -2.29. The van der Waals surface area contributed by atoms with E-state index in [1.54, 1.807) is 0 Å². The van der Waals surface area contributed by atoms with Gasteiger partial charge in [-0.2, -0.15) is 0 Å². The Kier molecular flexibility index (Phi) is 7.74. The Morgan fingerprint density at radius 3 is 2.37 bits per heavy atom. The molecule has 1 unspecified atom stereocenters. The molecule has 19 heavy (non-hydrogen) atoms. The maximum atomic E-state index is 11.8. The molecule has 0 saturated carbocycles. The predicted molar refractivity (Wildman–Crippen MR) is 68.2 cm³/mol. The number of amides is 1. The van der Waals surface area contributed by atoms with Crippen LogP contribution in [-0.2, 0) is 19.1 Å². The molecule has 4 N–H and O–H groups in total. The highest BCUT2D eigenvalue weighted by atomic mass is 16.5. The summed E-state index contributed by atoms with van der Waals surface area (Å²) < 4.78 is 4.42. The first kappa shape index (κ1) is 17.4. The summed E-state index contributed by atoms with van der Waals surface area (Å²) in [7, 11) is 1.22. The molecule has 0 aromatic carbocycles. The minimum Gasteiger partial charge on any atom is -0.480 e. The van der Waals surface area contributed by atoms with Crippen molar-refractivity contribution in [2.75, 3.05) is 7.11 Å². The molecule has 0 spiro atoms. The lowest BCUT2D eigenvalue weighted by Gasteiger charge is -2.20. The number of nitrogens with one attached hydrogen (secondary N) is 1. The van der Waals surface area contributed by atoms with Crippen molar-refractivity contribution in [3.63, 3.8) is 0 Å². The molecule has 0 fully saturated rings. The fraction of sp³-hybridized carbons (Fsp3) is 0.750. The summed E-state index contributed by atoms with van der Waals surface area (Å²) in [6, 6.07) is -1.90. The molecule has 0 aliphatic carbocycles. The monoisotopic (exact) mass is 274 g/mol. The van der Waals surface area contributed by atoms with Crippen molar-refractivity contribution < 1.29 is 24.2 Å². The third kappa shape index (κ3) is 6.19. The second-order valence-corrected chi connectivity index (χ2v) is 4.43. The van der Waals surface area contributed by atoms with Crippen LogP contribution >= 0.6 is 0 Å². The first-order valence-electron chi connectivity index (χ1n) is 6.19. The lowest BCUT2D eigenvalue weighted by atomic mass is 9.99. The van der Waals surface area contributed by atoms with Crippen molar-refractivity contribution in [3.05, 3.63) is 0 Å². The number of carboxylic acid groups (broad SMARTS) is 1. The molecule has 0 aliphatic rings. The van der Waals surface area contributed by atoms with Crippen LogP contribution < -0.4 is 11.1 Å². The standard InChI is InChI=1S/C12H22N2O5/c1-4-7(2)10(13)11(16)14-8(12(17)18)5-6-9(15)19-3/h7-8,10H,4-6,13H2,1-3H3,(H,14,16)(H,17,18)/t7-,8?,10-/m0/s1. The number of carboxylic acids is 1. The Morgan fingerprint density at radius 1 is 1.37 bits per heavy atom. The number of carbonyl (C=O) groups is 3. The van der Waals surface area contributed by atoms with E-state index in [4.69, 9.17) is 10.8 Å². The van der Waals surface area contributed by atoms with Gasteiger partial charge < -0.3 is 20.9 Å². The lowest BCUT2D eigenvalue weighted by molar-refractivity contribution is -0.144. The number of carbonyl (C=O) groups excluding carboxylic acids is 2. The van der Waals surface area contributed by atoms with E-state index in [2.05, 4.69) is 10.1 Å². The van der Waals surface area contributed by atoms with E-state index in [1.165, 1.54) is 7.11 Å². The average molecular weight is 274 g/mol. The zero-order chi connectivity index (χ0) is 15.0. The Hall–Kier alpha value is -1.63. The summed E-state index contributed by atoms with van der Waals surface area (Å²) in [4.78, 5) is 33.7. The van der Waals surface area contributed by atoms with E-state index >= 15 is 0 Å². The van der Waals surface area contributed by atoms with E-state index < -0.39 is 29.9 Å². The highest BCUT2D eigenvalue weighted by Gasteiger charge is 2.26. The van der Waals surface area contributed by atoms with E-state index in [0.717, 1.165) is 0 Å². The van der Waals surface area contributed by atoms with Crippen LogP contribution in [0.15, 0.2) is 0 Å². The molecular weight excluding hydrogens is 252 g/mol. The van der Waals surface area contributed by atoms with Gasteiger partial charge in [-0.1, -0.05) is 20.3 Å². The number of hydrogen-bond donors (Lipinski definition) is 3. The second-order valence-electron chi connectivity index (χ2n) is 4.43. The topological polar surface area (TPSA) is 119 Å². The molecule has 7 nitrogen and oxygen atoms in total. The molecule has 110 valence electrons. The van der Waals surface area contributed by atoms with Gasteiger partial charge in [0.1, 0.15) is 6.04 Å². The number of aliphatic carboxylic acids is 1. The van der Waals surface area contributed by atoms with Gasteiger partial charge in [-0.25, -0.2) is 4.79 Å². The summed E-state index contributed by atoms with van der Waals surface area (Å²) in [6.45, 7) is 3.71. The van der Waals surface area contributed by atoms with Gasteiger partial charge in [-0.15, -0.1) is 0 Å². The van der Waals surface area contributed by atoms with Gasteiger partial charge in [0.15, 0.2) is 0 Å². The number of methoxy groups -OCH3 is 1. The quantitative estimate of drug-likeness (QED) is 0.531. The smallest absolute Gasteiger partial charge is 0.326 e. The number of rotatable bonds is 8. The molecule has 1 amide bonds. The van der Waals surface area contributed by atoms with Crippen LogP contribution in [0.4, 0.5) is 0 Å². The maximum absolute atomic E-state index is 11.8. The summed E-state index contributed by atoms with van der Waals surface area (Å²) in [5, 5.41) is 11.3. The van der Waals surface area contributed by atoms with Crippen LogP contribution in [-0.4, -0.2) is 42.1 Å². The second kappa shape index (κ2) is 8.47. The van der Waals surface area contributed by atoms with Gasteiger partial charge >= 0.3 is 11.9 Å². The van der Waals surface area contributed by atoms with Gasteiger partial charge in [0.25, 0.3) is 0 Å². The minimum absolute atomic E-state index is 0.0268. The first-order valence-corrected chi connectivity index (χ1v) is 6.19. The van der Waals surface area contributed by atoms with Crippen LogP contribution in [0.2, 0.25) is 0 Å². The van der Waals surface area contributed by atoms with Crippen molar-refractivity contribution in [1.29, 1.82) is 0 Å². The maximum Gasteiger partial charge on any atom is 0.326 e. The van der Waals surface area contributed by atoms with Crippen molar-refractivity contribution in [3.8, 4) is 0 Å². The van der Waals surface area contributed by atoms with Crippen molar-refractivity contribution in [2.24, 2.45) is 11.7 Å². The van der Waals surface area contributed by atoms with Crippen LogP contribution in [0.25, 0.3) is 0 Å². The highest BCUT2D eigenvalue weighted by Crippen LogP contribution is 2.07. The van der Waals surface area contributed by atoms with Gasteiger partial charge in [-0.3, -0.25) is 9.59 Å². The Bertz CT molecular complexity index is 332. The molecule has 0 heterocycles. The first-order chi connectivity index (χ1) is 8.83. The molecule has 0 aromatic rings. The molecule has 0 aliphatic heterocycles. The van der Waals surface area contributed by atoms with Gasteiger partial charge in [0.2, 0.25) is 5.91 Å². The minimum atomic E-state index is -1.20. The summed E-state index contributed by atoms with van der Waals surface area (Å²) in [6.07, 6.45) is 0.613. The Balaban J connectivity index is 4.46. The van der Waals surface area contributed by atoms with Crippen LogP contribution in [0.3, 0.4) is 0 Å². The molecule has 0 radical (unpaired) electrons. The fourth-order valence-corrected chi connectivity index (χ4v) is 1.40. The zero-order valence-corrected chi connectivity index (χ0v) is 11.5. The predicted octanol–water partition coefficient (Wildman–Crippen LogP) is -0.118. The average Bonchev–Trinajstić information content (AvgIpc) is 2.40. The molecule has 0 rings (SSSR count). The molecule has 0 bridgehead atoms. The van der Waals surface area contributed by atoms with Crippen LogP contribution in [0.5, 0.6) is 0 Å². The Morgan fingerprint density at radius 2 is 1.95 bits per heavy atom. The SMILES string of the molecule is CC[C@H](C)[C@H](N)C(=O)NC(CCC(=O)OC)C(=O)O. The summed E-state index contributed by atoms with van der Waals surface area (Å²) >= 11 is 0. The lowest BCUT2D eigenvalue weighted by Crippen LogP contribution is -2.50. The molecule has 0 saturated heterocycles. The fourth-order valence-electron chi connectivity index (χ4n) is 1.40. The van der Waals surface area contributed by atoms with Crippen LogP contribution in [0.1, 0.15) is 33.1 Å². The number of hydrogen-bond acceptors (Lipinski definition) is 5. The molecular formula is C12H22N2O5. The molecule has 3 atom stereocenters. The van der Waals surface area contributed by atoms with E-state index in [-0.39, 0.29) is 18.8 Å². The van der Waals surface area contributed by atoms with E-state index in [1.807, 2.05) is 13.8 Å². The molecule has 0 aromatic heterocycles. The number of esters is 1. The van der Waals surface area contributed by atoms with E-state index in [0.29, 0.717) is 6.42 Å². The Labute approximate surface area is 112 Å². The largest absolute Gasteiger partial charge is 0.480 e. The normalized spacial score (nSPS) is 15.2. The third-order valence-corrected chi connectivity index (χ3v) is 3.04. The number of nitrogens with two attached hydrogens (primary N) is 1. The molecule has 7 heteroatoms. The number of ether oxygens (including phenoxy) is 1. The zero-order valence-electron chi connectivity index (χ0n) is 11.5. The third-order valence-electron chi connectivity index (χ3n) is 3.04. The van der Waals surface area contributed by atoms with Crippen molar-refractivity contribution >= 4 is 17.8 Å². The van der Waals surface area contributed by atoms with Crippen molar-refractivity contribution in [2.45, 2.75) is 45.2 Å². The van der Waals surface area contributed by atoms with Gasteiger partial charge in [0, 0.05) is 6.42 Å². The van der Waals surface area contributed by atoms with Gasteiger partial charge in [-0.05, 0) is 12.3 Å². The highest BCUT2D eigenvalue weighted by molar-refractivity contribution is 5.87. The van der Waals surface area contributed by atoms with E-state index in [9.17, 15) is 14.4 Å². The van der Waals surface area contributed by atoms with Crippen molar-refractivity contribution in [1.82, 2.24) is 5.32 Å². The van der Waals surface area contributed by atoms with Crippen LogP contribution in [0, 0.1) is 5.92 Å². The van der Waals surface area contributed by atoms with Gasteiger partial charge in [0.05, 0.1) is 13.2 Å².